The zero-order valence-corrected chi connectivity index (χ0v) is 10.0. The minimum atomic E-state index is -0.775. The molecule has 0 aromatic heterocycles. The highest BCUT2D eigenvalue weighted by molar-refractivity contribution is 5.34. The van der Waals surface area contributed by atoms with Crippen LogP contribution in [-0.2, 0) is 5.41 Å². The monoisotopic (exact) mass is 222 g/mol. The molecule has 2 heteroatoms. The van der Waals surface area contributed by atoms with Gasteiger partial charge in [0.1, 0.15) is 11.9 Å². The maximum Gasteiger partial charge on any atom is 0.118 e. The number of methoxy groups -OCH3 is 1. The Hall–Kier alpha value is -1.05. The molecule has 1 aromatic carbocycles. The fraction of sp³-hybridized carbons (Fsp3) is 0.571. The van der Waals surface area contributed by atoms with Crippen LogP contribution in [0.15, 0.2) is 24.3 Å². The van der Waals surface area contributed by atoms with Crippen LogP contribution in [0, 0.1) is 0 Å². The van der Waals surface area contributed by atoms with Crippen LogP contribution in [0.1, 0.15) is 38.2 Å². The van der Waals surface area contributed by atoms with Gasteiger partial charge in [0.25, 0.3) is 0 Å². The molecule has 1 atom stereocenters. The number of benzene rings is 1. The van der Waals surface area contributed by atoms with Crippen molar-refractivity contribution in [2.45, 2.75) is 44.2 Å². The van der Waals surface area contributed by atoms with Crippen molar-refractivity contribution in [2.24, 2.45) is 0 Å². The van der Waals surface area contributed by atoms with E-state index in [0.29, 0.717) is 0 Å². The Morgan fingerprint density at radius 3 is 2.19 bits per heavy atom. The number of hydrogen-bond acceptors (Lipinski definition) is 1. The molecular weight excluding hydrogens is 203 g/mol. The van der Waals surface area contributed by atoms with Crippen molar-refractivity contribution in [3.05, 3.63) is 29.8 Å². The second kappa shape index (κ2) is 4.44. The van der Waals surface area contributed by atoms with E-state index in [1.807, 2.05) is 24.3 Å². The van der Waals surface area contributed by atoms with E-state index in [-0.39, 0.29) is 5.41 Å². The number of rotatable bonds is 3. The van der Waals surface area contributed by atoms with E-state index in [4.69, 9.17) is 4.74 Å². The molecule has 2 rings (SSSR count). The highest BCUT2D eigenvalue weighted by Crippen LogP contribution is 2.45. The Balaban J connectivity index is 2.32. The molecule has 0 spiro atoms. The Morgan fingerprint density at radius 2 is 1.75 bits per heavy atom. The zero-order valence-electron chi connectivity index (χ0n) is 10.0. The van der Waals surface area contributed by atoms with Crippen LogP contribution in [-0.4, -0.2) is 13.3 Å². The second-order valence-corrected chi connectivity index (χ2v) is 4.71. The van der Waals surface area contributed by atoms with Gasteiger partial charge in [-0.2, -0.15) is 0 Å². The first-order valence-corrected chi connectivity index (χ1v) is 5.98. The number of alkyl halides is 1. The normalized spacial score (nSPS) is 20.7. The van der Waals surface area contributed by atoms with Crippen molar-refractivity contribution >= 4 is 0 Å². The second-order valence-electron chi connectivity index (χ2n) is 4.71. The summed E-state index contributed by atoms with van der Waals surface area (Å²) in [6.45, 7) is 1.69. The van der Waals surface area contributed by atoms with Gasteiger partial charge in [0, 0.05) is 5.41 Å². The quantitative estimate of drug-likeness (QED) is 0.754. The van der Waals surface area contributed by atoms with Gasteiger partial charge < -0.3 is 4.74 Å². The predicted molar refractivity (Wildman–Crippen MR) is 63.7 cm³/mol. The molecule has 1 nitrogen and oxygen atoms in total. The van der Waals surface area contributed by atoms with E-state index in [0.717, 1.165) is 37.0 Å². The maximum atomic E-state index is 13.9. The van der Waals surface area contributed by atoms with Crippen molar-refractivity contribution < 1.29 is 9.13 Å². The van der Waals surface area contributed by atoms with E-state index in [1.165, 1.54) is 0 Å². The lowest BCUT2D eigenvalue weighted by molar-refractivity contribution is 0.206. The van der Waals surface area contributed by atoms with E-state index >= 15 is 0 Å². The third-order valence-electron chi connectivity index (χ3n) is 3.92. The minimum Gasteiger partial charge on any atom is -0.497 e. The molecule has 0 saturated heterocycles. The van der Waals surface area contributed by atoms with Crippen LogP contribution < -0.4 is 4.74 Å². The van der Waals surface area contributed by atoms with E-state index in [9.17, 15) is 4.39 Å². The average Bonchev–Trinajstić information content (AvgIpc) is 2.79. The van der Waals surface area contributed by atoms with Crippen LogP contribution in [0.4, 0.5) is 4.39 Å². The van der Waals surface area contributed by atoms with Gasteiger partial charge in [-0.05, 0) is 37.5 Å². The first-order chi connectivity index (χ1) is 7.69. The summed E-state index contributed by atoms with van der Waals surface area (Å²) in [6, 6.07) is 7.88. The lowest BCUT2D eigenvalue weighted by atomic mass is 9.75. The summed E-state index contributed by atoms with van der Waals surface area (Å²) in [6.07, 6.45) is 3.44. The molecule has 0 bridgehead atoms. The molecule has 1 fully saturated rings. The van der Waals surface area contributed by atoms with Crippen LogP contribution in [0.2, 0.25) is 0 Å². The van der Waals surface area contributed by atoms with Gasteiger partial charge in [-0.3, -0.25) is 0 Å². The van der Waals surface area contributed by atoms with Crippen molar-refractivity contribution in [1.29, 1.82) is 0 Å². The summed E-state index contributed by atoms with van der Waals surface area (Å²) >= 11 is 0. The molecule has 88 valence electrons. The molecule has 0 amide bonds. The molecular formula is C14H19FO. The first-order valence-electron chi connectivity index (χ1n) is 5.98. The molecule has 1 aliphatic rings. The maximum absolute atomic E-state index is 13.9. The van der Waals surface area contributed by atoms with Gasteiger partial charge in [0.15, 0.2) is 0 Å². The fourth-order valence-corrected chi connectivity index (χ4v) is 2.84. The number of halogens is 1. The smallest absolute Gasteiger partial charge is 0.118 e. The van der Waals surface area contributed by atoms with E-state index in [1.54, 1.807) is 14.0 Å². The summed E-state index contributed by atoms with van der Waals surface area (Å²) < 4.78 is 19.0. The fourth-order valence-electron chi connectivity index (χ4n) is 2.84. The number of hydrogen-bond donors (Lipinski definition) is 0. The summed E-state index contributed by atoms with van der Waals surface area (Å²) in [5.41, 5.74) is 0.882. The van der Waals surface area contributed by atoms with Crippen molar-refractivity contribution in [3.8, 4) is 5.75 Å². The molecule has 0 N–H and O–H groups in total. The zero-order chi connectivity index (χ0) is 11.6. The lowest BCUT2D eigenvalue weighted by Crippen LogP contribution is -2.31. The summed E-state index contributed by atoms with van der Waals surface area (Å²) in [7, 11) is 1.65. The van der Waals surface area contributed by atoms with Gasteiger partial charge in [-0.15, -0.1) is 0 Å². The molecule has 1 unspecified atom stereocenters. The molecule has 16 heavy (non-hydrogen) atoms. The van der Waals surface area contributed by atoms with E-state index in [2.05, 4.69) is 0 Å². The number of ether oxygens (including phenoxy) is 1. The Kier molecular flexibility index (Phi) is 3.17. The highest BCUT2D eigenvalue weighted by atomic mass is 19.1. The first kappa shape index (κ1) is 11.4. The molecule has 0 aliphatic heterocycles. The average molecular weight is 222 g/mol. The topological polar surface area (TPSA) is 9.23 Å². The largest absolute Gasteiger partial charge is 0.497 e. The Morgan fingerprint density at radius 1 is 1.19 bits per heavy atom. The summed E-state index contributed by atoms with van der Waals surface area (Å²) in [5.74, 6) is 0.836. The van der Waals surface area contributed by atoms with Crippen LogP contribution >= 0.6 is 0 Å². The predicted octanol–water partition coefficient (Wildman–Crippen LogP) is 3.87. The van der Waals surface area contributed by atoms with Crippen LogP contribution in [0.3, 0.4) is 0 Å². The third-order valence-corrected chi connectivity index (χ3v) is 3.92. The van der Waals surface area contributed by atoms with Crippen molar-refractivity contribution in [3.63, 3.8) is 0 Å². The lowest BCUT2D eigenvalue weighted by Gasteiger charge is -2.31. The molecule has 1 saturated carbocycles. The molecule has 1 aromatic rings. The van der Waals surface area contributed by atoms with Gasteiger partial charge in [0.05, 0.1) is 7.11 Å². The van der Waals surface area contributed by atoms with Crippen molar-refractivity contribution in [2.75, 3.05) is 7.11 Å². The highest BCUT2D eigenvalue weighted by Gasteiger charge is 2.40. The van der Waals surface area contributed by atoms with Crippen LogP contribution in [0.5, 0.6) is 5.75 Å². The Labute approximate surface area is 96.6 Å². The van der Waals surface area contributed by atoms with Gasteiger partial charge in [-0.1, -0.05) is 25.0 Å². The molecule has 0 radical (unpaired) electrons. The van der Waals surface area contributed by atoms with Gasteiger partial charge in [0.2, 0.25) is 0 Å². The Bertz CT molecular complexity index is 336. The third kappa shape index (κ3) is 1.81. The SMILES string of the molecule is COc1ccc(C2(C(C)F)CCCC2)cc1. The summed E-state index contributed by atoms with van der Waals surface area (Å²) in [4.78, 5) is 0. The molecule has 0 heterocycles. The van der Waals surface area contributed by atoms with Gasteiger partial charge >= 0.3 is 0 Å². The van der Waals surface area contributed by atoms with Crippen LogP contribution in [0.25, 0.3) is 0 Å². The standard InChI is InChI=1S/C14H19FO/c1-11(15)14(9-3-4-10-14)12-5-7-13(16-2)8-6-12/h5-8,11H,3-4,9-10H2,1-2H3. The van der Waals surface area contributed by atoms with Crippen molar-refractivity contribution in [1.82, 2.24) is 0 Å². The summed E-state index contributed by atoms with van der Waals surface area (Å²) in [5, 5.41) is 0. The minimum absolute atomic E-state index is 0.244. The molecule has 1 aliphatic carbocycles. The van der Waals surface area contributed by atoms with Gasteiger partial charge in [-0.25, -0.2) is 4.39 Å². The van der Waals surface area contributed by atoms with E-state index < -0.39 is 6.17 Å².